The summed E-state index contributed by atoms with van der Waals surface area (Å²) in [6, 6.07) is 0. The van der Waals surface area contributed by atoms with Crippen LogP contribution >= 0.6 is 12.2 Å². The number of hydrogen-bond donors (Lipinski definition) is 3. The average molecular weight is 216 g/mol. The van der Waals surface area contributed by atoms with Crippen LogP contribution in [0.15, 0.2) is 4.79 Å². The predicted molar refractivity (Wildman–Crippen MR) is 53.2 cm³/mol. The Labute approximate surface area is 85.1 Å². The van der Waals surface area contributed by atoms with Crippen molar-refractivity contribution in [3.63, 3.8) is 0 Å². The molecule has 6 nitrogen and oxygen atoms in total. The molecule has 0 aliphatic heterocycles. The molecule has 0 aliphatic rings. The van der Waals surface area contributed by atoms with Crippen LogP contribution in [0.5, 0.6) is 0 Å². The SMILES string of the molecule is CC(C)(Cn1c(=O)[nH][nH]c1=S)C(N)=O. The summed E-state index contributed by atoms with van der Waals surface area (Å²) >= 11 is 4.85. The number of aromatic amines is 2. The zero-order valence-corrected chi connectivity index (χ0v) is 8.77. The number of rotatable bonds is 3. The molecule has 4 N–H and O–H groups in total. The van der Waals surface area contributed by atoms with Gasteiger partial charge in [-0.15, -0.1) is 0 Å². The Balaban J connectivity index is 3.06. The molecule has 0 spiro atoms. The summed E-state index contributed by atoms with van der Waals surface area (Å²) in [4.78, 5) is 22.2. The highest BCUT2D eigenvalue weighted by atomic mass is 32.1. The van der Waals surface area contributed by atoms with E-state index in [1.54, 1.807) is 13.8 Å². The second-order valence-corrected chi connectivity index (χ2v) is 4.08. The molecule has 1 aromatic rings. The highest BCUT2D eigenvalue weighted by Crippen LogP contribution is 2.15. The number of amides is 1. The molecule has 0 atom stereocenters. The van der Waals surface area contributed by atoms with Gasteiger partial charge in [0.15, 0.2) is 4.77 Å². The van der Waals surface area contributed by atoms with Crippen LogP contribution in [0.25, 0.3) is 0 Å². The average Bonchev–Trinajstić information content (AvgIpc) is 2.35. The molecule has 0 saturated heterocycles. The van der Waals surface area contributed by atoms with Crippen LogP contribution in [0, 0.1) is 10.2 Å². The maximum Gasteiger partial charge on any atom is 0.342 e. The minimum absolute atomic E-state index is 0.167. The summed E-state index contributed by atoms with van der Waals surface area (Å²) in [6.07, 6.45) is 0. The monoisotopic (exact) mass is 216 g/mol. The third-order valence-electron chi connectivity index (χ3n) is 1.99. The van der Waals surface area contributed by atoms with Crippen molar-refractivity contribution in [2.24, 2.45) is 11.1 Å². The van der Waals surface area contributed by atoms with E-state index in [0.29, 0.717) is 0 Å². The van der Waals surface area contributed by atoms with Gasteiger partial charge >= 0.3 is 5.69 Å². The van der Waals surface area contributed by atoms with E-state index in [9.17, 15) is 9.59 Å². The summed E-state index contributed by atoms with van der Waals surface area (Å²) < 4.78 is 1.52. The van der Waals surface area contributed by atoms with Crippen molar-refractivity contribution in [3.8, 4) is 0 Å². The van der Waals surface area contributed by atoms with E-state index in [2.05, 4.69) is 10.2 Å². The molecule has 0 fully saturated rings. The first-order valence-corrected chi connectivity index (χ1v) is 4.43. The maximum absolute atomic E-state index is 11.2. The van der Waals surface area contributed by atoms with Gasteiger partial charge in [0.05, 0.1) is 5.41 Å². The van der Waals surface area contributed by atoms with E-state index in [1.807, 2.05) is 0 Å². The fraction of sp³-hybridized carbons (Fsp3) is 0.571. The van der Waals surface area contributed by atoms with Crippen molar-refractivity contribution < 1.29 is 4.79 Å². The molecule has 0 bridgehead atoms. The second-order valence-electron chi connectivity index (χ2n) is 3.69. The third-order valence-corrected chi connectivity index (χ3v) is 2.31. The van der Waals surface area contributed by atoms with Crippen LogP contribution in [0.3, 0.4) is 0 Å². The fourth-order valence-electron chi connectivity index (χ4n) is 0.951. The number of hydrogen-bond acceptors (Lipinski definition) is 3. The van der Waals surface area contributed by atoms with Crippen molar-refractivity contribution in [1.29, 1.82) is 0 Å². The minimum atomic E-state index is -0.798. The lowest BCUT2D eigenvalue weighted by Crippen LogP contribution is -2.37. The molecule has 1 aromatic heterocycles. The van der Waals surface area contributed by atoms with Crippen LogP contribution in [0.4, 0.5) is 0 Å². The molecule has 1 rings (SSSR count). The number of nitrogens with one attached hydrogen (secondary N) is 2. The van der Waals surface area contributed by atoms with E-state index < -0.39 is 11.3 Å². The van der Waals surface area contributed by atoms with E-state index in [1.165, 1.54) is 4.57 Å². The number of H-pyrrole nitrogens is 2. The lowest BCUT2D eigenvalue weighted by molar-refractivity contribution is -0.126. The van der Waals surface area contributed by atoms with Gasteiger partial charge in [0, 0.05) is 6.54 Å². The van der Waals surface area contributed by atoms with Gasteiger partial charge < -0.3 is 5.73 Å². The number of nitrogens with two attached hydrogens (primary N) is 1. The fourth-order valence-corrected chi connectivity index (χ4v) is 1.15. The molecule has 1 amide bonds. The smallest absolute Gasteiger partial charge is 0.342 e. The minimum Gasteiger partial charge on any atom is -0.369 e. The first-order chi connectivity index (χ1) is 6.34. The van der Waals surface area contributed by atoms with Crippen LogP contribution in [0.2, 0.25) is 0 Å². The number of nitrogens with zero attached hydrogens (tertiary/aromatic N) is 1. The zero-order valence-electron chi connectivity index (χ0n) is 7.96. The molecule has 0 aliphatic carbocycles. The molecular weight excluding hydrogens is 204 g/mol. The summed E-state index contributed by atoms with van der Waals surface area (Å²) in [6.45, 7) is 3.48. The van der Waals surface area contributed by atoms with Crippen LogP contribution in [-0.4, -0.2) is 20.7 Å². The van der Waals surface area contributed by atoms with E-state index >= 15 is 0 Å². The zero-order chi connectivity index (χ0) is 10.9. The van der Waals surface area contributed by atoms with Crippen molar-refractivity contribution in [2.45, 2.75) is 20.4 Å². The quantitative estimate of drug-likeness (QED) is 0.607. The highest BCUT2D eigenvalue weighted by Gasteiger charge is 2.26. The first kappa shape index (κ1) is 10.7. The Morgan fingerprint density at radius 2 is 2.14 bits per heavy atom. The summed E-state index contributed by atoms with van der Waals surface area (Å²) in [5.41, 5.74) is 4.01. The Morgan fingerprint density at radius 3 is 2.50 bits per heavy atom. The summed E-state index contributed by atoms with van der Waals surface area (Å²) in [5.74, 6) is -0.472. The third kappa shape index (κ3) is 1.92. The van der Waals surface area contributed by atoms with E-state index in [-0.39, 0.29) is 17.0 Å². The molecular formula is C7H12N4O2S. The van der Waals surface area contributed by atoms with Crippen LogP contribution < -0.4 is 11.4 Å². The van der Waals surface area contributed by atoms with Gasteiger partial charge in [0.25, 0.3) is 0 Å². The summed E-state index contributed by atoms with van der Waals surface area (Å²) in [7, 11) is 0. The van der Waals surface area contributed by atoms with E-state index in [4.69, 9.17) is 18.0 Å². The van der Waals surface area contributed by atoms with Crippen LogP contribution in [-0.2, 0) is 11.3 Å². The van der Waals surface area contributed by atoms with Crippen molar-refractivity contribution >= 4 is 18.1 Å². The number of aromatic nitrogens is 3. The van der Waals surface area contributed by atoms with E-state index in [0.717, 1.165) is 0 Å². The largest absolute Gasteiger partial charge is 0.369 e. The maximum atomic E-state index is 11.2. The Bertz CT molecular complexity index is 425. The van der Waals surface area contributed by atoms with Gasteiger partial charge in [-0.25, -0.2) is 9.89 Å². The topological polar surface area (TPSA) is 96.7 Å². The van der Waals surface area contributed by atoms with Crippen molar-refractivity contribution in [3.05, 3.63) is 15.3 Å². The highest BCUT2D eigenvalue weighted by molar-refractivity contribution is 7.71. The van der Waals surface area contributed by atoms with Gasteiger partial charge in [0.1, 0.15) is 0 Å². The van der Waals surface area contributed by atoms with Gasteiger partial charge in [-0.1, -0.05) is 0 Å². The first-order valence-electron chi connectivity index (χ1n) is 4.02. The van der Waals surface area contributed by atoms with Gasteiger partial charge in [-0.05, 0) is 26.1 Å². The Morgan fingerprint density at radius 1 is 1.57 bits per heavy atom. The van der Waals surface area contributed by atoms with Crippen molar-refractivity contribution in [1.82, 2.24) is 14.8 Å². The molecule has 0 saturated carbocycles. The molecule has 7 heteroatoms. The lowest BCUT2D eigenvalue weighted by Gasteiger charge is -2.19. The standard InChI is InChI=1S/C7H12N4O2S/c1-7(2,4(8)12)3-11-5(13)9-10-6(11)14/h3H2,1-2H3,(H2,8,12)(H,9,13)(H,10,14). The number of carbonyl (C=O) groups excluding carboxylic acids is 1. The molecule has 78 valence electrons. The van der Waals surface area contributed by atoms with Crippen LogP contribution in [0.1, 0.15) is 13.8 Å². The molecule has 0 radical (unpaired) electrons. The Kier molecular flexibility index (Phi) is 2.61. The molecule has 0 unspecified atom stereocenters. The normalized spacial score (nSPS) is 11.6. The number of primary amides is 1. The second kappa shape index (κ2) is 3.41. The molecule has 14 heavy (non-hydrogen) atoms. The van der Waals surface area contributed by atoms with Gasteiger partial charge in [-0.3, -0.25) is 14.5 Å². The number of carbonyl (C=O) groups is 1. The predicted octanol–water partition coefficient (Wildman–Crippen LogP) is -0.255. The van der Waals surface area contributed by atoms with Crippen molar-refractivity contribution in [2.75, 3.05) is 0 Å². The summed E-state index contributed by atoms with van der Waals surface area (Å²) in [5, 5.41) is 4.81. The molecule has 0 aromatic carbocycles. The van der Waals surface area contributed by atoms with Gasteiger partial charge in [-0.2, -0.15) is 0 Å². The molecule has 1 heterocycles. The van der Waals surface area contributed by atoms with Gasteiger partial charge in [0.2, 0.25) is 5.91 Å². The lowest BCUT2D eigenvalue weighted by atomic mass is 9.93. The Hall–Kier alpha value is -1.37.